The van der Waals surface area contributed by atoms with Gasteiger partial charge in [0.1, 0.15) is 34.7 Å². The van der Waals surface area contributed by atoms with Crippen molar-refractivity contribution in [1.82, 2.24) is 0 Å². The quantitative estimate of drug-likeness (QED) is 0.0872. The van der Waals surface area contributed by atoms with Crippen molar-refractivity contribution in [3.05, 3.63) is 46.9 Å². The summed E-state index contributed by atoms with van der Waals surface area (Å²) in [6.07, 6.45) is 5.58. The summed E-state index contributed by atoms with van der Waals surface area (Å²) in [5.74, 6) is -0.472. The van der Waals surface area contributed by atoms with Gasteiger partial charge in [0, 0.05) is 22.9 Å². The molecule has 2 aromatic heterocycles. The second-order valence-corrected chi connectivity index (χ2v) is 11.7. The molecule has 0 N–H and O–H groups in total. The summed E-state index contributed by atoms with van der Waals surface area (Å²) in [4.78, 5) is 25.9. The molecule has 47 heavy (non-hydrogen) atoms. The van der Waals surface area contributed by atoms with Crippen molar-refractivity contribution < 1.29 is 88.8 Å². The largest absolute Gasteiger partial charge is 1.00 e. The zero-order valence-electron chi connectivity index (χ0n) is 27.0. The van der Waals surface area contributed by atoms with Crippen LogP contribution in [0.15, 0.2) is 33.1 Å². The van der Waals surface area contributed by atoms with E-state index in [1.807, 2.05) is 0 Å². The van der Waals surface area contributed by atoms with E-state index in [9.17, 15) is 22.6 Å². The predicted octanol–water partition coefficient (Wildman–Crippen LogP) is 3.23. The number of hydrogen-bond acceptors (Lipinski definition) is 13. The molecule has 5 rings (SSSR count). The zero-order chi connectivity index (χ0) is 33.0. The molecular formula is C32H35NaO13S. The molecule has 0 atom stereocenters. The van der Waals surface area contributed by atoms with E-state index >= 15 is 0 Å². The van der Waals surface area contributed by atoms with Gasteiger partial charge in [-0.15, -0.1) is 0 Å². The minimum absolute atomic E-state index is 0. The Morgan fingerprint density at radius 3 is 2.04 bits per heavy atom. The summed E-state index contributed by atoms with van der Waals surface area (Å²) in [6.45, 7) is 5.36. The maximum absolute atomic E-state index is 13.1. The molecule has 1 fully saturated rings. The van der Waals surface area contributed by atoms with Crippen LogP contribution < -0.4 is 48.0 Å². The molecule has 1 saturated carbocycles. The number of fused-ring (bicyclic) bond motifs is 2. The Balaban J connectivity index is 0.00000500. The Hall–Kier alpha value is -3.43. The molecule has 0 bridgehead atoms. The second-order valence-electron chi connectivity index (χ2n) is 10.8. The number of carbonyl (C=O) groups is 2. The second kappa shape index (κ2) is 15.6. The smallest absolute Gasteiger partial charge is 0.716 e. The van der Waals surface area contributed by atoms with E-state index in [1.54, 1.807) is 32.9 Å². The Bertz CT molecular complexity index is 1850. The molecule has 13 nitrogen and oxygen atoms in total. The Morgan fingerprint density at radius 1 is 0.830 bits per heavy atom. The van der Waals surface area contributed by atoms with Crippen molar-refractivity contribution in [2.24, 2.45) is 5.92 Å². The zero-order valence-corrected chi connectivity index (χ0v) is 29.8. The first-order valence-electron chi connectivity index (χ1n) is 15.0. The average molecular weight is 683 g/mol. The van der Waals surface area contributed by atoms with Gasteiger partial charge >= 0.3 is 41.5 Å². The van der Waals surface area contributed by atoms with Gasteiger partial charge in [0.2, 0.25) is 0 Å². The fourth-order valence-electron chi connectivity index (χ4n) is 5.63. The summed E-state index contributed by atoms with van der Waals surface area (Å²) in [5, 5.41) is 0.562. The molecule has 0 radical (unpaired) electrons. The van der Waals surface area contributed by atoms with Gasteiger partial charge in [-0.25, -0.2) is 18.0 Å². The third-order valence-corrected chi connectivity index (χ3v) is 8.07. The summed E-state index contributed by atoms with van der Waals surface area (Å²) < 4.78 is 78.6. The van der Waals surface area contributed by atoms with Gasteiger partial charge in [-0.05, 0) is 51.7 Å². The number of methoxy groups -OCH3 is 1. The van der Waals surface area contributed by atoms with Crippen molar-refractivity contribution in [2.45, 2.75) is 59.5 Å². The summed E-state index contributed by atoms with van der Waals surface area (Å²) >= 11 is 0. The maximum Gasteiger partial charge on any atom is 1.00 e. The van der Waals surface area contributed by atoms with Gasteiger partial charge in [-0.3, -0.25) is 0 Å². The van der Waals surface area contributed by atoms with E-state index in [0.717, 1.165) is 31.7 Å². The van der Waals surface area contributed by atoms with Crippen molar-refractivity contribution in [1.29, 1.82) is 0 Å². The van der Waals surface area contributed by atoms with Crippen LogP contribution in [0.2, 0.25) is 0 Å². The van der Waals surface area contributed by atoms with E-state index in [4.69, 9.17) is 32.5 Å². The summed E-state index contributed by atoms with van der Waals surface area (Å²) in [5.41, 5.74) is 0.720. The molecule has 0 saturated heterocycles. The van der Waals surface area contributed by atoms with Crippen LogP contribution >= 0.6 is 0 Å². The third-order valence-electron chi connectivity index (χ3n) is 7.69. The summed E-state index contributed by atoms with van der Waals surface area (Å²) in [6, 6.07) is 5.71. The van der Waals surface area contributed by atoms with Crippen LogP contribution in [0.4, 0.5) is 0 Å². The Morgan fingerprint density at radius 2 is 1.40 bits per heavy atom. The number of furan rings is 2. The van der Waals surface area contributed by atoms with Crippen LogP contribution in [-0.4, -0.2) is 51.8 Å². The molecule has 0 unspecified atom stereocenters. The van der Waals surface area contributed by atoms with Crippen LogP contribution in [0.1, 0.15) is 78.2 Å². The number of aryl methyl sites for hydroxylation is 1. The van der Waals surface area contributed by atoms with Crippen molar-refractivity contribution in [3.8, 4) is 23.0 Å². The molecule has 248 valence electrons. The van der Waals surface area contributed by atoms with Crippen molar-refractivity contribution in [3.63, 3.8) is 0 Å². The minimum Gasteiger partial charge on any atom is -0.716 e. The number of hydrogen-bond donors (Lipinski definition) is 0. The van der Waals surface area contributed by atoms with Gasteiger partial charge in [0.25, 0.3) is 10.4 Å². The van der Waals surface area contributed by atoms with Crippen LogP contribution in [0, 0.1) is 12.8 Å². The molecule has 2 aromatic carbocycles. The van der Waals surface area contributed by atoms with E-state index in [2.05, 4.69) is 4.18 Å². The first-order valence-corrected chi connectivity index (χ1v) is 16.3. The van der Waals surface area contributed by atoms with Crippen LogP contribution in [0.25, 0.3) is 21.9 Å². The predicted molar refractivity (Wildman–Crippen MR) is 162 cm³/mol. The number of carbonyl (C=O) groups excluding carboxylic acids is 2. The normalized spacial score (nSPS) is 13.6. The number of rotatable bonds is 13. The third kappa shape index (κ3) is 8.36. The Labute approximate surface area is 294 Å². The standard InChI is InChI=1S/C32H36O13S.Na/c1-5-39-31(33)29-18(3)43-22-15-26(41-16-19-10-8-7-9-11-19)25(12-20(22)29)42-17-28-30(32(34)40-6-2)21-13-27(45-46(35,36)37)24(38-4)14-23(21)44-28;/h12-15,19H,5-11,16-17H2,1-4H3,(H,35,36,37);/q;+1/p-1. The van der Waals surface area contributed by atoms with Crippen LogP contribution in [0.5, 0.6) is 23.0 Å². The number of ether oxygens (including phenoxy) is 5. The first kappa shape index (κ1) is 36.4. The van der Waals surface area contributed by atoms with Crippen LogP contribution in [0.3, 0.4) is 0 Å². The maximum atomic E-state index is 13.1. The van der Waals surface area contributed by atoms with Crippen molar-refractivity contribution >= 4 is 44.3 Å². The van der Waals surface area contributed by atoms with E-state index in [1.165, 1.54) is 19.6 Å². The molecule has 1 aliphatic rings. The minimum atomic E-state index is -5.17. The molecular weight excluding hydrogens is 647 g/mol. The SMILES string of the molecule is CCOC(=O)c1c(C)oc2cc(OCC3CCCCC3)c(OCc3oc4cc(OC)c(OS(=O)(=O)[O-])cc4c3C(=O)OCC)cc12.[Na+]. The van der Waals surface area contributed by atoms with Gasteiger partial charge in [0.05, 0.1) is 26.9 Å². The van der Waals surface area contributed by atoms with E-state index in [-0.39, 0.29) is 88.7 Å². The van der Waals surface area contributed by atoms with Gasteiger partial charge in [-0.1, -0.05) is 19.3 Å². The molecule has 2 heterocycles. The fraction of sp³-hybridized carbons (Fsp3) is 0.438. The molecule has 0 amide bonds. The van der Waals surface area contributed by atoms with Gasteiger partial charge in [-0.2, -0.15) is 0 Å². The topological polar surface area (TPSA) is 173 Å². The average Bonchev–Trinajstić information content (AvgIpc) is 3.53. The molecule has 4 aromatic rings. The first-order chi connectivity index (χ1) is 22.0. The van der Waals surface area contributed by atoms with Crippen LogP contribution in [-0.2, 0) is 26.5 Å². The number of benzene rings is 2. The van der Waals surface area contributed by atoms with E-state index < -0.39 is 28.1 Å². The monoisotopic (exact) mass is 682 g/mol. The molecule has 15 heteroatoms. The van der Waals surface area contributed by atoms with E-state index in [0.29, 0.717) is 35.0 Å². The Kier molecular flexibility index (Phi) is 12.1. The molecule has 0 aliphatic heterocycles. The fourth-order valence-corrected chi connectivity index (χ4v) is 5.98. The number of esters is 2. The van der Waals surface area contributed by atoms with Crippen molar-refractivity contribution in [2.75, 3.05) is 26.9 Å². The van der Waals surface area contributed by atoms with Gasteiger partial charge in [0.15, 0.2) is 28.8 Å². The molecule has 0 spiro atoms. The van der Waals surface area contributed by atoms with Gasteiger partial charge < -0.3 is 41.3 Å². The molecule has 1 aliphatic carbocycles. The summed E-state index contributed by atoms with van der Waals surface area (Å²) in [7, 11) is -3.92.